The topological polar surface area (TPSA) is 79.2 Å². The third kappa shape index (κ3) is 5.26. The van der Waals surface area contributed by atoms with E-state index in [0.29, 0.717) is 6.42 Å². The molecular formula is C17H24N4O2S. The highest BCUT2D eigenvalue weighted by molar-refractivity contribution is 7.09. The molecule has 130 valence electrons. The van der Waals surface area contributed by atoms with Crippen LogP contribution in [0.1, 0.15) is 44.9 Å². The van der Waals surface area contributed by atoms with Gasteiger partial charge in [-0.2, -0.15) is 4.37 Å². The Kier molecular flexibility index (Phi) is 7.11. The molecule has 7 heteroatoms. The van der Waals surface area contributed by atoms with Crippen molar-refractivity contribution >= 4 is 28.5 Å². The van der Waals surface area contributed by atoms with Crippen LogP contribution in [0.3, 0.4) is 0 Å². The van der Waals surface area contributed by atoms with Crippen LogP contribution in [0.4, 0.5) is 10.9 Å². The first-order chi connectivity index (χ1) is 11.6. The van der Waals surface area contributed by atoms with Gasteiger partial charge in [-0.1, -0.05) is 25.8 Å². The molecule has 0 saturated heterocycles. The van der Waals surface area contributed by atoms with Crippen LogP contribution in [0.15, 0.2) is 24.4 Å². The zero-order chi connectivity index (χ0) is 17.4. The molecule has 1 atom stereocenters. The van der Waals surface area contributed by atoms with E-state index >= 15 is 0 Å². The van der Waals surface area contributed by atoms with Crippen molar-refractivity contribution in [3.05, 3.63) is 30.2 Å². The van der Waals surface area contributed by atoms with Gasteiger partial charge in [0.2, 0.25) is 5.13 Å². The highest BCUT2D eigenvalue weighted by Gasteiger charge is 2.16. The van der Waals surface area contributed by atoms with E-state index in [-0.39, 0.29) is 5.92 Å². The molecule has 2 aromatic rings. The monoisotopic (exact) mass is 348 g/mol. The molecule has 6 nitrogen and oxygen atoms in total. The molecule has 2 rings (SSSR count). The second kappa shape index (κ2) is 9.32. The first kappa shape index (κ1) is 18.3. The summed E-state index contributed by atoms with van der Waals surface area (Å²) in [6, 6.07) is 5.82. The number of aryl methyl sites for hydroxylation is 1. The maximum absolute atomic E-state index is 11.0. The van der Waals surface area contributed by atoms with Crippen LogP contribution in [0.25, 0.3) is 0 Å². The highest BCUT2D eigenvalue weighted by atomic mass is 32.1. The van der Waals surface area contributed by atoms with Crippen molar-refractivity contribution in [3.63, 3.8) is 0 Å². The quantitative estimate of drug-likeness (QED) is 0.653. The Balaban J connectivity index is 1.89. The van der Waals surface area contributed by atoms with E-state index in [1.807, 2.05) is 32.0 Å². The van der Waals surface area contributed by atoms with E-state index in [1.54, 1.807) is 6.20 Å². The number of nitrogens with zero attached hydrogens (tertiary/aromatic N) is 4. The van der Waals surface area contributed by atoms with Gasteiger partial charge in [-0.25, -0.2) is 9.97 Å². The summed E-state index contributed by atoms with van der Waals surface area (Å²) in [7, 11) is 0. The highest BCUT2D eigenvalue weighted by Crippen LogP contribution is 2.25. The van der Waals surface area contributed by atoms with Crippen LogP contribution >= 0.6 is 11.5 Å². The fraction of sp³-hybridized carbons (Fsp3) is 0.529. The minimum atomic E-state index is -0.683. The maximum atomic E-state index is 11.0. The molecule has 0 radical (unpaired) electrons. The second-order valence-corrected chi connectivity index (χ2v) is 6.49. The van der Waals surface area contributed by atoms with Gasteiger partial charge in [-0.3, -0.25) is 4.79 Å². The van der Waals surface area contributed by atoms with Gasteiger partial charge < -0.3 is 10.0 Å². The Labute approximate surface area is 146 Å². The minimum Gasteiger partial charge on any atom is -0.481 e. The third-order valence-corrected chi connectivity index (χ3v) is 4.78. The lowest BCUT2D eigenvalue weighted by atomic mass is 9.99. The van der Waals surface area contributed by atoms with Gasteiger partial charge in [-0.15, -0.1) is 0 Å². The van der Waals surface area contributed by atoms with Crippen molar-refractivity contribution in [1.29, 1.82) is 0 Å². The average molecular weight is 348 g/mol. The van der Waals surface area contributed by atoms with Crippen molar-refractivity contribution in [2.45, 2.75) is 46.0 Å². The number of rotatable bonds is 10. The molecule has 2 aromatic heterocycles. The number of carboxylic acids is 1. The van der Waals surface area contributed by atoms with Gasteiger partial charge in [0.1, 0.15) is 11.6 Å². The molecular weight excluding hydrogens is 324 g/mol. The van der Waals surface area contributed by atoms with Crippen molar-refractivity contribution in [2.75, 3.05) is 11.4 Å². The first-order valence-electron chi connectivity index (χ1n) is 8.33. The van der Waals surface area contributed by atoms with Crippen LogP contribution in [-0.2, 0) is 4.79 Å². The molecule has 0 fully saturated rings. The molecule has 0 spiro atoms. The van der Waals surface area contributed by atoms with Gasteiger partial charge in [0.25, 0.3) is 0 Å². The van der Waals surface area contributed by atoms with Crippen molar-refractivity contribution < 1.29 is 9.90 Å². The van der Waals surface area contributed by atoms with E-state index < -0.39 is 5.97 Å². The number of anilines is 2. The summed E-state index contributed by atoms with van der Waals surface area (Å²) in [5, 5.41) is 9.94. The number of aromatic nitrogens is 3. The van der Waals surface area contributed by atoms with Crippen LogP contribution in [0, 0.1) is 12.8 Å². The summed E-state index contributed by atoms with van der Waals surface area (Å²) in [4.78, 5) is 22.0. The molecule has 0 saturated carbocycles. The van der Waals surface area contributed by atoms with Crippen LogP contribution in [0.2, 0.25) is 0 Å². The Morgan fingerprint density at radius 1 is 1.33 bits per heavy atom. The molecule has 2 heterocycles. The second-order valence-electron chi connectivity index (χ2n) is 5.76. The van der Waals surface area contributed by atoms with E-state index in [1.165, 1.54) is 11.5 Å². The molecule has 0 aliphatic carbocycles. The van der Waals surface area contributed by atoms with E-state index in [0.717, 1.165) is 49.0 Å². The zero-order valence-corrected chi connectivity index (χ0v) is 15.0. The summed E-state index contributed by atoms with van der Waals surface area (Å²) in [5.41, 5.74) is 0. The van der Waals surface area contributed by atoms with Crippen LogP contribution in [0.5, 0.6) is 0 Å². The summed E-state index contributed by atoms with van der Waals surface area (Å²) in [6.07, 6.45) is 6.09. The molecule has 1 unspecified atom stereocenters. The van der Waals surface area contributed by atoms with Crippen molar-refractivity contribution in [2.24, 2.45) is 5.92 Å². The largest absolute Gasteiger partial charge is 0.481 e. The normalized spacial score (nSPS) is 12.1. The van der Waals surface area contributed by atoms with E-state index in [4.69, 9.17) is 5.11 Å². The molecule has 0 aromatic carbocycles. The lowest BCUT2D eigenvalue weighted by molar-refractivity contribution is -0.142. The molecule has 0 aliphatic rings. The Morgan fingerprint density at radius 3 is 2.75 bits per heavy atom. The third-order valence-electron chi connectivity index (χ3n) is 3.95. The fourth-order valence-electron chi connectivity index (χ4n) is 2.56. The van der Waals surface area contributed by atoms with Crippen LogP contribution < -0.4 is 4.90 Å². The van der Waals surface area contributed by atoms with Gasteiger partial charge in [-0.05, 0) is 38.3 Å². The Hall–Kier alpha value is -2.02. The van der Waals surface area contributed by atoms with Gasteiger partial charge in [0, 0.05) is 24.3 Å². The number of carboxylic acid groups (broad SMARTS) is 1. The van der Waals surface area contributed by atoms with Gasteiger partial charge >= 0.3 is 5.97 Å². The SMILES string of the molecule is CCC(CCCCCN(c1ccccn1)c1nc(C)ns1)C(=O)O. The lowest BCUT2D eigenvalue weighted by Crippen LogP contribution is -2.19. The number of hydrogen-bond acceptors (Lipinski definition) is 6. The molecule has 0 amide bonds. The summed E-state index contributed by atoms with van der Waals surface area (Å²) < 4.78 is 4.26. The Morgan fingerprint density at radius 2 is 2.17 bits per heavy atom. The summed E-state index contributed by atoms with van der Waals surface area (Å²) >= 11 is 1.38. The molecule has 0 bridgehead atoms. The Bertz CT molecular complexity index is 633. The predicted octanol–water partition coefficient (Wildman–Crippen LogP) is 4.05. The van der Waals surface area contributed by atoms with Crippen molar-refractivity contribution in [1.82, 2.24) is 14.3 Å². The number of aliphatic carboxylic acids is 1. The van der Waals surface area contributed by atoms with Gasteiger partial charge in [0.15, 0.2) is 0 Å². The smallest absolute Gasteiger partial charge is 0.306 e. The van der Waals surface area contributed by atoms with E-state index in [9.17, 15) is 4.79 Å². The average Bonchev–Trinajstić information content (AvgIpc) is 3.01. The first-order valence-corrected chi connectivity index (χ1v) is 9.10. The molecule has 1 N–H and O–H groups in total. The van der Waals surface area contributed by atoms with Crippen molar-refractivity contribution in [3.8, 4) is 0 Å². The summed E-state index contributed by atoms with van der Waals surface area (Å²) in [6.45, 7) is 4.61. The number of unbranched alkanes of at least 4 members (excludes halogenated alkanes) is 2. The number of pyridine rings is 1. The van der Waals surface area contributed by atoms with Gasteiger partial charge in [0.05, 0.1) is 5.92 Å². The predicted molar refractivity (Wildman–Crippen MR) is 95.8 cm³/mol. The lowest BCUT2D eigenvalue weighted by Gasteiger charge is -2.20. The number of hydrogen-bond donors (Lipinski definition) is 1. The number of carbonyl (C=O) groups is 1. The minimum absolute atomic E-state index is 0.220. The van der Waals surface area contributed by atoms with E-state index in [2.05, 4.69) is 19.2 Å². The maximum Gasteiger partial charge on any atom is 0.306 e. The zero-order valence-electron chi connectivity index (χ0n) is 14.2. The molecule has 24 heavy (non-hydrogen) atoms. The molecule has 0 aliphatic heterocycles. The summed E-state index contributed by atoms with van der Waals surface area (Å²) in [5.74, 6) is 0.730. The fourth-order valence-corrected chi connectivity index (χ4v) is 3.27. The van der Waals surface area contributed by atoms with Crippen LogP contribution in [-0.4, -0.2) is 32.0 Å². The standard InChI is InChI=1S/C17H24N4O2S/c1-3-14(16(22)23)9-5-4-8-12-21(15-10-6-7-11-18-15)17-19-13(2)20-24-17/h6-7,10-11,14H,3-5,8-9,12H2,1-2H3,(H,22,23).